The van der Waals surface area contributed by atoms with Crippen molar-refractivity contribution in [2.24, 2.45) is 5.73 Å². The standard InChI is InChI=1S/C12H12BrN3O2S/c13-6-1-2-7-8(5-6)19-11(10(7)15)12(18)16-4-3-9(14)17/h1-2,5H,3-4,15H2,(H2,14,17)(H,16,18). The second kappa shape index (κ2) is 5.58. The van der Waals surface area contributed by atoms with Gasteiger partial charge in [0.25, 0.3) is 5.91 Å². The summed E-state index contributed by atoms with van der Waals surface area (Å²) >= 11 is 4.70. The highest BCUT2D eigenvalue weighted by atomic mass is 79.9. The third kappa shape index (κ3) is 3.05. The number of carbonyl (C=O) groups excluding carboxylic acids is 2. The monoisotopic (exact) mass is 341 g/mol. The SMILES string of the molecule is NC(=O)CCNC(=O)c1sc2cc(Br)ccc2c1N. The smallest absolute Gasteiger partial charge is 0.263 e. The van der Waals surface area contributed by atoms with Gasteiger partial charge in [0.15, 0.2) is 0 Å². The van der Waals surface area contributed by atoms with Gasteiger partial charge in [-0.1, -0.05) is 22.0 Å². The molecule has 0 aliphatic rings. The molecule has 0 bridgehead atoms. The normalized spacial score (nSPS) is 10.6. The molecular weight excluding hydrogens is 330 g/mol. The van der Waals surface area contributed by atoms with E-state index in [9.17, 15) is 9.59 Å². The lowest BCUT2D eigenvalue weighted by atomic mass is 10.2. The van der Waals surface area contributed by atoms with E-state index < -0.39 is 5.91 Å². The third-order valence-corrected chi connectivity index (χ3v) is 4.21. The van der Waals surface area contributed by atoms with Crippen LogP contribution in [0.1, 0.15) is 16.1 Å². The van der Waals surface area contributed by atoms with Gasteiger partial charge in [0, 0.05) is 27.5 Å². The number of rotatable bonds is 4. The molecule has 0 unspecified atom stereocenters. The molecule has 2 rings (SSSR count). The van der Waals surface area contributed by atoms with Crippen LogP contribution >= 0.6 is 27.3 Å². The quantitative estimate of drug-likeness (QED) is 0.791. The van der Waals surface area contributed by atoms with Crippen LogP contribution in [-0.2, 0) is 4.79 Å². The van der Waals surface area contributed by atoms with Gasteiger partial charge in [-0.05, 0) is 12.1 Å². The number of halogens is 1. The Labute approximate surface area is 122 Å². The summed E-state index contributed by atoms with van der Waals surface area (Å²) in [6.07, 6.45) is 0.113. The van der Waals surface area contributed by atoms with Crippen molar-refractivity contribution in [3.8, 4) is 0 Å². The van der Waals surface area contributed by atoms with Crippen LogP contribution in [0.4, 0.5) is 5.69 Å². The molecule has 0 spiro atoms. The molecule has 0 aliphatic heterocycles. The molecule has 2 aromatic rings. The zero-order chi connectivity index (χ0) is 14.0. The van der Waals surface area contributed by atoms with E-state index in [0.717, 1.165) is 14.6 Å². The topological polar surface area (TPSA) is 98.2 Å². The highest BCUT2D eigenvalue weighted by Crippen LogP contribution is 2.35. The molecule has 2 amide bonds. The van der Waals surface area contributed by atoms with Crippen LogP contribution < -0.4 is 16.8 Å². The van der Waals surface area contributed by atoms with E-state index in [2.05, 4.69) is 21.2 Å². The summed E-state index contributed by atoms with van der Waals surface area (Å²) < 4.78 is 1.87. The highest BCUT2D eigenvalue weighted by molar-refractivity contribution is 9.10. The molecule has 1 aromatic carbocycles. The summed E-state index contributed by atoms with van der Waals surface area (Å²) in [5, 5.41) is 3.48. The highest BCUT2D eigenvalue weighted by Gasteiger charge is 2.16. The van der Waals surface area contributed by atoms with Gasteiger partial charge in [-0.25, -0.2) is 0 Å². The minimum absolute atomic E-state index is 0.113. The van der Waals surface area contributed by atoms with Gasteiger partial charge in [0.1, 0.15) is 4.88 Å². The fraction of sp³-hybridized carbons (Fsp3) is 0.167. The number of carbonyl (C=O) groups is 2. The number of benzene rings is 1. The van der Waals surface area contributed by atoms with E-state index in [0.29, 0.717) is 10.6 Å². The van der Waals surface area contributed by atoms with Crippen molar-refractivity contribution in [1.29, 1.82) is 0 Å². The largest absolute Gasteiger partial charge is 0.397 e. The number of nitrogens with two attached hydrogens (primary N) is 2. The Balaban J connectivity index is 2.22. The minimum atomic E-state index is -0.450. The van der Waals surface area contributed by atoms with Gasteiger partial charge in [-0.2, -0.15) is 0 Å². The molecule has 0 atom stereocenters. The predicted octanol–water partition coefficient (Wildman–Crippen LogP) is 1.85. The Kier molecular flexibility index (Phi) is 4.06. The Morgan fingerprint density at radius 2 is 2.11 bits per heavy atom. The number of amides is 2. The number of primary amides is 1. The lowest BCUT2D eigenvalue weighted by molar-refractivity contribution is -0.117. The maximum absolute atomic E-state index is 12.0. The zero-order valence-electron chi connectivity index (χ0n) is 9.90. The molecule has 0 saturated heterocycles. The van der Waals surface area contributed by atoms with Crippen molar-refractivity contribution < 1.29 is 9.59 Å². The molecule has 0 saturated carbocycles. The Hall–Kier alpha value is -1.60. The van der Waals surface area contributed by atoms with Crippen LogP contribution in [0.15, 0.2) is 22.7 Å². The first-order chi connectivity index (χ1) is 8.99. The summed E-state index contributed by atoms with van der Waals surface area (Å²) in [5.41, 5.74) is 11.4. The van der Waals surface area contributed by atoms with Crippen molar-refractivity contribution in [1.82, 2.24) is 5.32 Å². The number of anilines is 1. The second-order valence-electron chi connectivity index (χ2n) is 3.96. The van der Waals surface area contributed by atoms with Crippen molar-refractivity contribution in [2.75, 3.05) is 12.3 Å². The molecule has 5 N–H and O–H groups in total. The number of hydrogen-bond acceptors (Lipinski definition) is 4. The Morgan fingerprint density at radius 3 is 2.79 bits per heavy atom. The lowest BCUT2D eigenvalue weighted by Gasteiger charge is -2.02. The van der Waals surface area contributed by atoms with Crippen LogP contribution in [0.2, 0.25) is 0 Å². The zero-order valence-corrected chi connectivity index (χ0v) is 12.3. The predicted molar refractivity (Wildman–Crippen MR) is 80.1 cm³/mol. The van der Waals surface area contributed by atoms with Crippen LogP contribution in [0.3, 0.4) is 0 Å². The summed E-state index contributed by atoms with van der Waals surface area (Å²) in [5.74, 6) is -0.732. The van der Waals surface area contributed by atoms with E-state index in [-0.39, 0.29) is 18.9 Å². The minimum Gasteiger partial charge on any atom is -0.397 e. The maximum Gasteiger partial charge on any atom is 0.263 e. The fourth-order valence-corrected chi connectivity index (χ4v) is 3.23. The van der Waals surface area contributed by atoms with Crippen LogP contribution in [0.5, 0.6) is 0 Å². The molecule has 7 heteroatoms. The average molecular weight is 342 g/mol. The van der Waals surface area contributed by atoms with E-state index in [4.69, 9.17) is 11.5 Å². The Morgan fingerprint density at radius 1 is 1.37 bits per heavy atom. The van der Waals surface area contributed by atoms with Crippen LogP contribution in [0, 0.1) is 0 Å². The van der Waals surface area contributed by atoms with Gasteiger partial charge in [0.2, 0.25) is 5.91 Å². The first kappa shape index (κ1) is 13.8. The van der Waals surface area contributed by atoms with Crippen molar-refractivity contribution in [3.63, 3.8) is 0 Å². The molecular formula is C12H12BrN3O2S. The number of fused-ring (bicyclic) bond motifs is 1. The molecule has 0 radical (unpaired) electrons. The van der Waals surface area contributed by atoms with Gasteiger partial charge in [0.05, 0.1) is 5.69 Å². The summed E-state index contributed by atoms with van der Waals surface area (Å²) in [6.45, 7) is 0.214. The van der Waals surface area contributed by atoms with Crippen molar-refractivity contribution in [2.45, 2.75) is 6.42 Å². The third-order valence-electron chi connectivity index (χ3n) is 2.55. The van der Waals surface area contributed by atoms with E-state index in [1.165, 1.54) is 11.3 Å². The Bertz CT molecular complexity index is 654. The van der Waals surface area contributed by atoms with Gasteiger partial charge < -0.3 is 16.8 Å². The van der Waals surface area contributed by atoms with E-state index >= 15 is 0 Å². The first-order valence-corrected chi connectivity index (χ1v) is 7.14. The van der Waals surface area contributed by atoms with Crippen LogP contribution in [-0.4, -0.2) is 18.4 Å². The van der Waals surface area contributed by atoms with Gasteiger partial charge in [-0.15, -0.1) is 11.3 Å². The lowest BCUT2D eigenvalue weighted by Crippen LogP contribution is -2.27. The molecule has 1 aromatic heterocycles. The molecule has 0 fully saturated rings. The average Bonchev–Trinajstić information content (AvgIpc) is 2.65. The number of hydrogen-bond donors (Lipinski definition) is 3. The van der Waals surface area contributed by atoms with Crippen molar-refractivity contribution >= 4 is 54.9 Å². The fourth-order valence-electron chi connectivity index (χ4n) is 1.64. The number of nitrogen functional groups attached to an aromatic ring is 1. The van der Waals surface area contributed by atoms with Crippen LogP contribution in [0.25, 0.3) is 10.1 Å². The molecule has 5 nitrogen and oxygen atoms in total. The number of nitrogens with one attached hydrogen (secondary N) is 1. The molecule has 0 aliphatic carbocycles. The second-order valence-corrected chi connectivity index (χ2v) is 5.93. The summed E-state index contributed by atoms with van der Waals surface area (Å²) in [4.78, 5) is 23.0. The maximum atomic E-state index is 12.0. The molecule has 1 heterocycles. The van der Waals surface area contributed by atoms with E-state index in [1.807, 2.05) is 18.2 Å². The molecule has 100 valence electrons. The van der Waals surface area contributed by atoms with Gasteiger partial charge >= 0.3 is 0 Å². The van der Waals surface area contributed by atoms with Crippen molar-refractivity contribution in [3.05, 3.63) is 27.5 Å². The van der Waals surface area contributed by atoms with E-state index in [1.54, 1.807) is 0 Å². The summed E-state index contributed by atoms with van der Waals surface area (Å²) in [6, 6.07) is 5.65. The molecule has 19 heavy (non-hydrogen) atoms. The summed E-state index contributed by atoms with van der Waals surface area (Å²) in [7, 11) is 0. The first-order valence-electron chi connectivity index (χ1n) is 5.53. The van der Waals surface area contributed by atoms with Gasteiger partial charge in [-0.3, -0.25) is 9.59 Å². The number of thiophene rings is 1.